The Balaban J connectivity index is 4.34. The molecule has 0 aliphatic heterocycles. The van der Waals surface area contributed by atoms with E-state index in [9.17, 15) is 14.4 Å². The molecule has 0 fully saturated rings. The highest BCUT2D eigenvalue weighted by molar-refractivity contribution is 5.71. The van der Waals surface area contributed by atoms with E-state index in [4.69, 9.17) is 14.2 Å². The number of carbonyl (C=O) groups is 3. The second-order valence-electron chi connectivity index (χ2n) is 13.2. The molecule has 0 aliphatic carbocycles. The number of hydrogen-bond donors (Lipinski definition) is 0. The van der Waals surface area contributed by atoms with E-state index in [0.29, 0.717) is 19.3 Å². The minimum atomic E-state index is -0.766. The zero-order chi connectivity index (χ0) is 34.5. The Morgan fingerprint density at radius 3 is 1.26 bits per heavy atom. The lowest BCUT2D eigenvalue weighted by molar-refractivity contribution is -0.167. The highest BCUT2D eigenvalue weighted by Crippen LogP contribution is 2.13. The lowest BCUT2D eigenvalue weighted by Crippen LogP contribution is -2.30. The highest BCUT2D eigenvalue weighted by Gasteiger charge is 2.19. The molecule has 1 unspecified atom stereocenters. The smallest absolute Gasteiger partial charge is 0.306 e. The van der Waals surface area contributed by atoms with Crippen LogP contribution in [-0.2, 0) is 28.6 Å². The third-order valence-corrected chi connectivity index (χ3v) is 8.44. The van der Waals surface area contributed by atoms with E-state index in [2.05, 4.69) is 45.1 Å². The zero-order valence-electron chi connectivity index (χ0n) is 31.0. The molecule has 0 aromatic rings. The molecular weight excluding hydrogens is 588 g/mol. The van der Waals surface area contributed by atoms with Gasteiger partial charge in [-0.15, -0.1) is 0 Å². The Morgan fingerprint density at radius 1 is 0.426 bits per heavy atom. The first-order chi connectivity index (χ1) is 23.0. The van der Waals surface area contributed by atoms with E-state index >= 15 is 0 Å². The minimum Gasteiger partial charge on any atom is -0.462 e. The van der Waals surface area contributed by atoms with Gasteiger partial charge in [-0.05, 0) is 44.9 Å². The maximum atomic E-state index is 12.6. The monoisotopic (exact) mass is 663 g/mol. The Bertz CT molecular complexity index is 774. The van der Waals surface area contributed by atoms with E-state index in [1.807, 2.05) is 0 Å². The summed E-state index contributed by atoms with van der Waals surface area (Å²) in [6.45, 7) is 6.48. The van der Waals surface area contributed by atoms with Crippen molar-refractivity contribution in [1.29, 1.82) is 0 Å². The molecule has 6 heteroatoms. The van der Waals surface area contributed by atoms with Crippen molar-refractivity contribution in [1.82, 2.24) is 0 Å². The van der Waals surface area contributed by atoms with Crippen molar-refractivity contribution in [2.75, 3.05) is 13.2 Å². The second kappa shape index (κ2) is 36.7. The molecule has 0 aromatic heterocycles. The Morgan fingerprint density at radius 2 is 0.809 bits per heavy atom. The molecule has 0 heterocycles. The molecule has 6 nitrogen and oxygen atoms in total. The van der Waals surface area contributed by atoms with Gasteiger partial charge >= 0.3 is 17.9 Å². The average Bonchev–Trinajstić information content (AvgIpc) is 3.06. The largest absolute Gasteiger partial charge is 0.462 e. The van der Waals surface area contributed by atoms with Crippen molar-refractivity contribution >= 4 is 17.9 Å². The molecule has 0 saturated heterocycles. The van der Waals surface area contributed by atoms with E-state index in [0.717, 1.165) is 83.5 Å². The molecular formula is C41H74O6. The van der Waals surface area contributed by atoms with Crippen molar-refractivity contribution in [3.05, 3.63) is 24.3 Å². The van der Waals surface area contributed by atoms with Crippen LogP contribution >= 0.6 is 0 Å². The molecule has 0 saturated carbocycles. The third-order valence-electron chi connectivity index (χ3n) is 8.44. The molecule has 0 bridgehead atoms. The quantitative estimate of drug-likeness (QED) is 0.0291. The van der Waals surface area contributed by atoms with Crippen LogP contribution in [0.15, 0.2) is 24.3 Å². The van der Waals surface area contributed by atoms with Crippen molar-refractivity contribution in [2.24, 2.45) is 0 Å². The summed E-state index contributed by atoms with van der Waals surface area (Å²) >= 11 is 0. The summed E-state index contributed by atoms with van der Waals surface area (Å²) in [5.74, 6) is -0.900. The predicted molar refractivity (Wildman–Crippen MR) is 196 cm³/mol. The molecule has 0 rings (SSSR count). The number of carbonyl (C=O) groups excluding carboxylic acids is 3. The molecule has 0 N–H and O–H groups in total. The Kier molecular flexibility index (Phi) is 35.1. The molecule has 0 aromatic carbocycles. The maximum absolute atomic E-state index is 12.6. The summed E-state index contributed by atoms with van der Waals surface area (Å²) in [6.07, 6.45) is 37.4. The van der Waals surface area contributed by atoms with Gasteiger partial charge in [-0.25, -0.2) is 0 Å². The van der Waals surface area contributed by atoms with Crippen LogP contribution in [0.3, 0.4) is 0 Å². The molecule has 47 heavy (non-hydrogen) atoms. The minimum absolute atomic E-state index is 0.0736. The number of unbranched alkanes of at least 4 members (excludes halogenated alkanes) is 20. The Labute approximate surface area is 290 Å². The van der Waals surface area contributed by atoms with Crippen molar-refractivity contribution < 1.29 is 28.6 Å². The van der Waals surface area contributed by atoms with Gasteiger partial charge in [0.25, 0.3) is 0 Å². The van der Waals surface area contributed by atoms with Crippen LogP contribution in [0.1, 0.15) is 201 Å². The SMILES string of the molecule is CCC/C=C\C/C=C\CCCCCCCC(=O)OCC(COC(=O)CCCCCCCCCC)OC(=O)CCCCCCCCCC. The number of allylic oxidation sites excluding steroid dienone is 4. The number of hydrogen-bond acceptors (Lipinski definition) is 6. The molecule has 274 valence electrons. The van der Waals surface area contributed by atoms with Gasteiger partial charge in [0.15, 0.2) is 6.10 Å². The van der Waals surface area contributed by atoms with Crippen LogP contribution < -0.4 is 0 Å². The van der Waals surface area contributed by atoms with Gasteiger partial charge in [0.05, 0.1) is 0 Å². The van der Waals surface area contributed by atoms with Crippen molar-refractivity contribution in [3.8, 4) is 0 Å². The summed E-state index contributed by atoms with van der Waals surface area (Å²) in [6, 6.07) is 0. The van der Waals surface area contributed by atoms with Crippen molar-refractivity contribution in [3.63, 3.8) is 0 Å². The summed E-state index contributed by atoms with van der Waals surface area (Å²) in [4.78, 5) is 37.3. The summed E-state index contributed by atoms with van der Waals surface area (Å²) in [5, 5.41) is 0. The lowest BCUT2D eigenvalue weighted by atomic mass is 10.1. The second-order valence-corrected chi connectivity index (χ2v) is 13.2. The number of esters is 3. The predicted octanol–water partition coefficient (Wildman–Crippen LogP) is 12.1. The van der Waals surface area contributed by atoms with Crippen LogP contribution in [-0.4, -0.2) is 37.2 Å². The van der Waals surface area contributed by atoms with Crippen LogP contribution in [0.5, 0.6) is 0 Å². The zero-order valence-corrected chi connectivity index (χ0v) is 31.0. The first kappa shape index (κ1) is 44.9. The fourth-order valence-electron chi connectivity index (χ4n) is 5.42. The molecule has 1 atom stereocenters. The van der Waals surface area contributed by atoms with Crippen LogP contribution in [0.2, 0.25) is 0 Å². The van der Waals surface area contributed by atoms with Gasteiger partial charge in [0.2, 0.25) is 0 Å². The fourth-order valence-corrected chi connectivity index (χ4v) is 5.42. The van der Waals surface area contributed by atoms with Gasteiger partial charge < -0.3 is 14.2 Å². The number of ether oxygens (including phenoxy) is 3. The van der Waals surface area contributed by atoms with Crippen LogP contribution in [0, 0.1) is 0 Å². The number of rotatable bonds is 35. The molecule has 0 radical (unpaired) electrons. The van der Waals surface area contributed by atoms with Gasteiger partial charge in [-0.3, -0.25) is 14.4 Å². The first-order valence-electron chi connectivity index (χ1n) is 19.8. The van der Waals surface area contributed by atoms with Crippen LogP contribution in [0.4, 0.5) is 0 Å². The van der Waals surface area contributed by atoms with E-state index in [-0.39, 0.29) is 31.1 Å². The lowest BCUT2D eigenvalue weighted by Gasteiger charge is -2.18. The van der Waals surface area contributed by atoms with E-state index < -0.39 is 6.10 Å². The topological polar surface area (TPSA) is 78.9 Å². The highest BCUT2D eigenvalue weighted by atomic mass is 16.6. The third kappa shape index (κ3) is 35.0. The van der Waals surface area contributed by atoms with Crippen molar-refractivity contribution in [2.45, 2.75) is 207 Å². The summed E-state index contributed by atoms with van der Waals surface area (Å²) in [5.41, 5.74) is 0. The van der Waals surface area contributed by atoms with Gasteiger partial charge in [-0.2, -0.15) is 0 Å². The van der Waals surface area contributed by atoms with Gasteiger partial charge in [-0.1, -0.05) is 161 Å². The van der Waals surface area contributed by atoms with E-state index in [1.165, 1.54) is 77.0 Å². The van der Waals surface area contributed by atoms with Gasteiger partial charge in [0.1, 0.15) is 13.2 Å². The molecule has 0 spiro atoms. The average molecular weight is 663 g/mol. The molecule has 0 aliphatic rings. The molecule has 0 amide bonds. The summed E-state index contributed by atoms with van der Waals surface area (Å²) < 4.78 is 16.5. The normalized spacial score (nSPS) is 12.1. The first-order valence-corrected chi connectivity index (χ1v) is 19.8. The fraction of sp³-hybridized carbons (Fsp3) is 0.829. The Hall–Kier alpha value is -2.11. The van der Waals surface area contributed by atoms with Gasteiger partial charge in [0, 0.05) is 19.3 Å². The van der Waals surface area contributed by atoms with Crippen LogP contribution in [0.25, 0.3) is 0 Å². The maximum Gasteiger partial charge on any atom is 0.306 e. The summed E-state index contributed by atoms with van der Waals surface area (Å²) in [7, 11) is 0. The standard InChI is InChI=1S/C41H74O6/c1-4-7-10-13-16-19-20-21-22-23-26-28-31-34-40(43)46-37-38(47-41(44)35-32-29-25-18-15-12-9-6-3)36-45-39(42)33-30-27-24-17-14-11-8-5-2/h10,13,19-20,38H,4-9,11-12,14-18,21-37H2,1-3H3/b13-10-,20-19-. The van der Waals surface area contributed by atoms with E-state index in [1.54, 1.807) is 0 Å².